The second-order valence-electron chi connectivity index (χ2n) is 9.64. The Bertz CT molecular complexity index is 852. The number of rotatable bonds is 4. The average molecular weight is 467 g/mol. The number of hydrogen-bond acceptors (Lipinski definition) is 5. The van der Waals surface area contributed by atoms with Crippen molar-refractivity contribution in [2.45, 2.75) is 59.1 Å². The number of amides is 1. The molecule has 1 saturated carbocycles. The highest BCUT2D eigenvalue weighted by Gasteiger charge is 2.55. The first-order valence-corrected chi connectivity index (χ1v) is 10.7. The average Bonchev–Trinajstić information content (AvgIpc) is 2.79. The normalized spacial score (nSPS) is 19.0. The standard InChI is InChI=1S/C21H31BrN4O3/c1-13(24(6)7)8-16(27)18-17(22)14(2)26(23-18)15-9-21(10-15)11-25(12-21)19(28)29-20(3,4)5/h8,15H,9-12H2,1-7H3. The van der Waals surface area contributed by atoms with Crippen molar-refractivity contribution in [1.82, 2.24) is 19.6 Å². The Morgan fingerprint density at radius 1 is 1.28 bits per heavy atom. The van der Waals surface area contributed by atoms with Crippen LogP contribution in [0, 0.1) is 12.3 Å². The monoisotopic (exact) mass is 466 g/mol. The summed E-state index contributed by atoms with van der Waals surface area (Å²) >= 11 is 3.55. The van der Waals surface area contributed by atoms with Crippen molar-refractivity contribution in [2.75, 3.05) is 27.2 Å². The van der Waals surface area contributed by atoms with Crippen molar-refractivity contribution in [2.24, 2.45) is 5.41 Å². The fourth-order valence-electron chi connectivity index (χ4n) is 3.99. The molecule has 0 N–H and O–H groups in total. The molecule has 0 bridgehead atoms. The summed E-state index contributed by atoms with van der Waals surface area (Å²) in [5.74, 6) is -0.0984. The summed E-state index contributed by atoms with van der Waals surface area (Å²) in [7, 11) is 3.82. The van der Waals surface area contributed by atoms with Crippen LogP contribution in [0.15, 0.2) is 16.2 Å². The van der Waals surface area contributed by atoms with Gasteiger partial charge in [0.15, 0.2) is 0 Å². The molecule has 1 aliphatic carbocycles. The third kappa shape index (κ3) is 4.37. The van der Waals surface area contributed by atoms with Gasteiger partial charge in [0.05, 0.1) is 16.2 Å². The Balaban J connectivity index is 1.63. The van der Waals surface area contributed by atoms with Crippen LogP contribution in [-0.2, 0) is 4.74 Å². The third-order valence-electron chi connectivity index (χ3n) is 5.74. The van der Waals surface area contributed by atoms with Gasteiger partial charge in [0.1, 0.15) is 11.3 Å². The molecule has 2 heterocycles. The molecule has 3 rings (SSSR count). The van der Waals surface area contributed by atoms with E-state index in [1.165, 1.54) is 0 Å². The molecule has 2 aliphatic rings. The van der Waals surface area contributed by atoms with Crippen molar-refractivity contribution in [1.29, 1.82) is 0 Å². The summed E-state index contributed by atoms with van der Waals surface area (Å²) in [6.07, 6.45) is 3.30. The minimum atomic E-state index is -0.469. The molecule has 0 atom stereocenters. The minimum Gasteiger partial charge on any atom is -0.444 e. The first kappa shape index (κ1) is 21.9. The lowest BCUT2D eigenvalue weighted by Crippen LogP contribution is -2.64. The van der Waals surface area contributed by atoms with Crippen LogP contribution in [0.4, 0.5) is 4.79 Å². The van der Waals surface area contributed by atoms with Crippen LogP contribution >= 0.6 is 15.9 Å². The van der Waals surface area contributed by atoms with Gasteiger partial charge in [-0.2, -0.15) is 5.10 Å². The molecule has 29 heavy (non-hydrogen) atoms. The SMILES string of the molecule is CC(=CC(=O)c1nn(C2CC3(C2)CN(C(=O)OC(C)(C)C)C3)c(C)c1Br)N(C)C. The maximum Gasteiger partial charge on any atom is 0.410 e. The van der Waals surface area contributed by atoms with Gasteiger partial charge in [-0.25, -0.2) is 4.79 Å². The highest BCUT2D eigenvalue weighted by Crippen LogP contribution is 2.54. The lowest BCUT2D eigenvalue weighted by molar-refractivity contribution is -0.0931. The molecule has 1 aromatic rings. The highest BCUT2D eigenvalue weighted by molar-refractivity contribution is 9.10. The Morgan fingerprint density at radius 3 is 2.38 bits per heavy atom. The molecule has 1 amide bonds. The Hall–Kier alpha value is -1.83. The second kappa shape index (κ2) is 7.45. The lowest BCUT2D eigenvalue weighted by atomic mass is 9.61. The van der Waals surface area contributed by atoms with E-state index >= 15 is 0 Å². The molecule has 0 radical (unpaired) electrons. The number of nitrogens with zero attached hydrogens (tertiary/aromatic N) is 4. The molecule has 160 valence electrons. The second-order valence-corrected chi connectivity index (χ2v) is 10.4. The van der Waals surface area contributed by atoms with Crippen molar-refractivity contribution < 1.29 is 14.3 Å². The van der Waals surface area contributed by atoms with Crippen molar-refractivity contribution in [3.8, 4) is 0 Å². The maximum atomic E-state index is 12.6. The van der Waals surface area contributed by atoms with Gasteiger partial charge in [0.25, 0.3) is 0 Å². The number of aromatic nitrogens is 2. The van der Waals surface area contributed by atoms with E-state index in [9.17, 15) is 9.59 Å². The molecule has 7 nitrogen and oxygen atoms in total. The van der Waals surface area contributed by atoms with Gasteiger partial charge < -0.3 is 14.5 Å². The Labute approximate surface area is 181 Å². The summed E-state index contributed by atoms with van der Waals surface area (Å²) in [4.78, 5) is 28.5. The number of hydrogen-bond donors (Lipinski definition) is 0. The van der Waals surface area contributed by atoms with E-state index in [1.54, 1.807) is 11.0 Å². The zero-order valence-electron chi connectivity index (χ0n) is 18.4. The van der Waals surface area contributed by atoms with Crippen LogP contribution in [-0.4, -0.2) is 64.2 Å². The maximum absolute atomic E-state index is 12.6. The number of carbonyl (C=O) groups is 2. The first-order valence-electron chi connectivity index (χ1n) is 9.94. The van der Waals surface area contributed by atoms with Gasteiger partial charge in [0, 0.05) is 44.4 Å². The predicted octanol–water partition coefficient (Wildman–Crippen LogP) is 4.17. The predicted molar refractivity (Wildman–Crippen MR) is 115 cm³/mol. The first-order chi connectivity index (χ1) is 13.3. The summed E-state index contributed by atoms with van der Waals surface area (Å²) in [5, 5.41) is 4.62. The van der Waals surface area contributed by atoms with Crippen LogP contribution in [0.25, 0.3) is 0 Å². The quantitative estimate of drug-likeness (QED) is 0.491. The number of ketones is 1. The van der Waals surface area contributed by atoms with Gasteiger partial charge in [-0.3, -0.25) is 9.48 Å². The van der Waals surface area contributed by atoms with Crippen molar-refractivity contribution in [3.63, 3.8) is 0 Å². The van der Waals surface area contributed by atoms with Crippen molar-refractivity contribution in [3.05, 3.63) is 27.6 Å². The fraction of sp³-hybridized carbons (Fsp3) is 0.667. The number of allylic oxidation sites excluding steroid dienone is 2. The van der Waals surface area contributed by atoms with E-state index in [-0.39, 0.29) is 23.3 Å². The van der Waals surface area contributed by atoms with E-state index < -0.39 is 5.60 Å². The molecule has 8 heteroatoms. The number of likely N-dealkylation sites (tertiary alicyclic amines) is 1. The molecular formula is C21H31BrN4O3. The summed E-state index contributed by atoms with van der Waals surface area (Å²) in [5.41, 5.74) is 2.00. The van der Waals surface area contributed by atoms with Gasteiger partial charge in [-0.1, -0.05) is 0 Å². The van der Waals surface area contributed by atoms with Gasteiger partial charge in [-0.15, -0.1) is 0 Å². The van der Waals surface area contributed by atoms with E-state index in [0.29, 0.717) is 5.69 Å². The van der Waals surface area contributed by atoms with E-state index in [1.807, 2.05) is 58.3 Å². The van der Waals surface area contributed by atoms with E-state index in [0.717, 1.165) is 41.8 Å². The van der Waals surface area contributed by atoms with Gasteiger partial charge in [-0.05, 0) is 63.4 Å². The molecular weight excluding hydrogens is 436 g/mol. The highest BCUT2D eigenvalue weighted by atomic mass is 79.9. The Morgan fingerprint density at radius 2 is 1.86 bits per heavy atom. The van der Waals surface area contributed by atoms with Crippen LogP contribution in [0.3, 0.4) is 0 Å². The summed E-state index contributed by atoms with van der Waals surface area (Å²) < 4.78 is 8.17. The topological polar surface area (TPSA) is 67.7 Å². The summed E-state index contributed by atoms with van der Waals surface area (Å²) in [6.45, 7) is 11.0. The van der Waals surface area contributed by atoms with Gasteiger partial charge in [0.2, 0.25) is 5.78 Å². The molecule has 1 saturated heterocycles. The van der Waals surface area contributed by atoms with Crippen LogP contribution < -0.4 is 0 Å². The third-order valence-corrected chi connectivity index (χ3v) is 6.69. The van der Waals surface area contributed by atoms with Crippen molar-refractivity contribution >= 4 is 27.8 Å². The van der Waals surface area contributed by atoms with Crippen LogP contribution in [0.1, 0.15) is 62.8 Å². The number of ether oxygens (including phenoxy) is 1. The zero-order valence-corrected chi connectivity index (χ0v) is 20.0. The largest absolute Gasteiger partial charge is 0.444 e. The summed E-state index contributed by atoms with van der Waals surface area (Å²) in [6, 6.07) is 0.257. The van der Waals surface area contributed by atoms with Crippen LogP contribution in [0.5, 0.6) is 0 Å². The molecule has 1 aliphatic heterocycles. The molecule has 1 aromatic heterocycles. The molecule has 2 fully saturated rings. The molecule has 1 spiro atoms. The van der Waals surface area contributed by atoms with E-state index in [4.69, 9.17) is 4.74 Å². The smallest absolute Gasteiger partial charge is 0.410 e. The van der Waals surface area contributed by atoms with Crippen LogP contribution in [0.2, 0.25) is 0 Å². The fourth-order valence-corrected chi connectivity index (χ4v) is 4.45. The lowest BCUT2D eigenvalue weighted by Gasteiger charge is -2.58. The molecule has 0 unspecified atom stereocenters. The molecule has 0 aromatic carbocycles. The minimum absolute atomic E-state index is 0.0984. The zero-order chi connectivity index (χ0) is 21.7. The van der Waals surface area contributed by atoms with Gasteiger partial charge >= 0.3 is 6.09 Å². The number of carbonyl (C=O) groups excluding carboxylic acids is 2. The van der Waals surface area contributed by atoms with E-state index in [2.05, 4.69) is 21.0 Å². The number of halogens is 1. The Kier molecular flexibility index (Phi) is 5.62.